The van der Waals surface area contributed by atoms with Crippen LogP contribution in [0.3, 0.4) is 0 Å². The van der Waals surface area contributed by atoms with Crippen LogP contribution in [0.15, 0.2) is 34.9 Å². The fourth-order valence-electron chi connectivity index (χ4n) is 2.03. The second-order valence-electron chi connectivity index (χ2n) is 3.97. The number of halogens is 2. The van der Waals surface area contributed by atoms with Gasteiger partial charge in [0.05, 0.1) is 16.8 Å². The van der Waals surface area contributed by atoms with Crippen molar-refractivity contribution in [3.8, 4) is 0 Å². The summed E-state index contributed by atoms with van der Waals surface area (Å²) < 4.78 is 2.89. The van der Waals surface area contributed by atoms with Crippen molar-refractivity contribution in [1.29, 1.82) is 0 Å². The van der Waals surface area contributed by atoms with E-state index in [1.54, 1.807) is 0 Å². The minimum Gasteiger partial charge on any atom is -0.308 e. The van der Waals surface area contributed by atoms with Crippen LogP contribution >= 0.6 is 27.5 Å². The summed E-state index contributed by atoms with van der Waals surface area (Å²) in [4.78, 5) is 0. The highest BCUT2D eigenvalue weighted by molar-refractivity contribution is 9.10. The average molecular weight is 329 g/mol. The molecule has 1 N–H and O–H groups in total. The SMILES string of the molecule is CCn1nccc1C(NC)c1ccc(Br)c(Cl)c1. The summed E-state index contributed by atoms with van der Waals surface area (Å²) in [5.74, 6) is 0. The minimum absolute atomic E-state index is 0.0954. The maximum atomic E-state index is 6.15. The molecule has 1 aromatic carbocycles. The van der Waals surface area contributed by atoms with Crippen LogP contribution in [0.1, 0.15) is 24.2 Å². The summed E-state index contributed by atoms with van der Waals surface area (Å²) in [6.45, 7) is 2.93. The van der Waals surface area contributed by atoms with Crippen molar-refractivity contribution in [1.82, 2.24) is 15.1 Å². The van der Waals surface area contributed by atoms with Gasteiger partial charge in [-0.05, 0) is 53.7 Å². The fourth-order valence-corrected chi connectivity index (χ4v) is 2.47. The first-order chi connectivity index (χ1) is 8.67. The van der Waals surface area contributed by atoms with E-state index >= 15 is 0 Å². The zero-order valence-electron chi connectivity index (χ0n) is 10.3. The first kappa shape index (κ1) is 13.6. The van der Waals surface area contributed by atoms with Gasteiger partial charge >= 0.3 is 0 Å². The molecule has 0 fully saturated rings. The molecule has 96 valence electrons. The van der Waals surface area contributed by atoms with Gasteiger partial charge in [0.15, 0.2) is 0 Å². The van der Waals surface area contributed by atoms with Crippen LogP contribution < -0.4 is 5.32 Å². The molecule has 18 heavy (non-hydrogen) atoms. The zero-order valence-corrected chi connectivity index (χ0v) is 12.7. The Kier molecular flexibility index (Phi) is 4.43. The van der Waals surface area contributed by atoms with Crippen LogP contribution in [0.2, 0.25) is 5.02 Å². The molecule has 2 rings (SSSR count). The Bertz CT molecular complexity index is 539. The van der Waals surface area contributed by atoms with Gasteiger partial charge in [0.25, 0.3) is 0 Å². The minimum atomic E-state index is 0.0954. The number of aromatic nitrogens is 2. The van der Waals surface area contributed by atoms with Crippen molar-refractivity contribution in [2.75, 3.05) is 7.05 Å². The van der Waals surface area contributed by atoms with E-state index < -0.39 is 0 Å². The van der Waals surface area contributed by atoms with Gasteiger partial charge in [-0.25, -0.2) is 0 Å². The van der Waals surface area contributed by atoms with Crippen molar-refractivity contribution in [2.24, 2.45) is 0 Å². The van der Waals surface area contributed by atoms with Gasteiger partial charge in [0, 0.05) is 17.2 Å². The van der Waals surface area contributed by atoms with E-state index in [1.807, 2.05) is 36.1 Å². The summed E-state index contributed by atoms with van der Waals surface area (Å²) in [5.41, 5.74) is 2.26. The van der Waals surface area contributed by atoms with Gasteiger partial charge in [-0.3, -0.25) is 4.68 Å². The third-order valence-corrected chi connectivity index (χ3v) is 4.14. The van der Waals surface area contributed by atoms with Crippen molar-refractivity contribution >= 4 is 27.5 Å². The van der Waals surface area contributed by atoms with Gasteiger partial charge < -0.3 is 5.32 Å². The average Bonchev–Trinajstić information content (AvgIpc) is 2.83. The van der Waals surface area contributed by atoms with Crippen LogP contribution in [0, 0.1) is 0 Å². The molecule has 0 saturated carbocycles. The summed E-state index contributed by atoms with van der Waals surface area (Å²) in [6, 6.07) is 8.12. The van der Waals surface area contributed by atoms with Crippen molar-refractivity contribution in [3.05, 3.63) is 51.2 Å². The highest BCUT2D eigenvalue weighted by atomic mass is 79.9. The number of rotatable bonds is 4. The van der Waals surface area contributed by atoms with E-state index in [2.05, 4.69) is 39.3 Å². The standard InChI is InChI=1S/C13H15BrClN3/c1-3-18-12(6-7-17-18)13(16-2)9-4-5-10(14)11(15)8-9/h4-8,13,16H,3H2,1-2H3. The molecular formula is C13H15BrClN3. The molecule has 0 aliphatic rings. The lowest BCUT2D eigenvalue weighted by molar-refractivity contribution is 0.563. The van der Waals surface area contributed by atoms with E-state index in [1.165, 1.54) is 0 Å². The molecular weight excluding hydrogens is 314 g/mol. The Morgan fingerprint density at radius 2 is 2.22 bits per heavy atom. The Morgan fingerprint density at radius 3 is 2.83 bits per heavy atom. The smallest absolute Gasteiger partial charge is 0.0746 e. The van der Waals surface area contributed by atoms with Crippen LogP contribution in [-0.2, 0) is 6.54 Å². The molecule has 1 atom stereocenters. The largest absolute Gasteiger partial charge is 0.308 e. The maximum Gasteiger partial charge on any atom is 0.0746 e. The van der Waals surface area contributed by atoms with E-state index in [9.17, 15) is 0 Å². The number of aryl methyl sites for hydroxylation is 1. The van der Waals surface area contributed by atoms with E-state index in [4.69, 9.17) is 11.6 Å². The number of benzene rings is 1. The maximum absolute atomic E-state index is 6.15. The molecule has 5 heteroatoms. The number of nitrogens with zero attached hydrogens (tertiary/aromatic N) is 2. The fraction of sp³-hybridized carbons (Fsp3) is 0.308. The lowest BCUT2D eigenvalue weighted by atomic mass is 10.0. The Balaban J connectivity index is 2.42. The van der Waals surface area contributed by atoms with Crippen LogP contribution in [0.5, 0.6) is 0 Å². The number of hydrogen-bond donors (Lipinski definition) is 1. The lowest BCUT2D eigenvalue weighted by Gasteiger charge is -2.18. The van der Waals surface area contributed by atoms with E-state index in [-0.39, 0.29) is 6.04 Å². The Labute approximate surface area is 120 Å². The molecule has 1 aromatic heterocycles. The van der Waals surface area contributed by atoms with Crippen LogP contribution in [0.4, 0.5) is 0 Å². The monoisotopic (exact) mass is 327 g/mol. The molecule has 0 amide bonds. The van der Waals surface area contributed by atoms with Gasteiger partial charge in [-0.2, -0.15) is 5.10 Å². The molecule has 0 spiro atoms. The highest BCUT2D eigenvalue weighted by Crippen LogP contribution is 2.28. The number of hydrogen-bond acceptors (Lipinski definition) is 2. The van der Waals surface area contributed by atoms with Gasteiger partial charge in [0.2, 0.25) is 0 Å². The second-order valence-corrected chi connectivity index (χ2v) is 5.23. The van der Waals surface area contributed by atoms with E-state index in [0.717, 1.165) is 27.3 Å². The van der Waals surface area contributed by atoms with Gasteiger partial charge in [-0.1, -0.05) is 17.7 Å². The van der Waals surface area contributed by atoms with Crippen molar-refractivity contribution in [2.45, 2.75) is 19.5 Å². The predicted octanol–water partition coefficient (Wildman–Crippen LogP) is 3.63. The third-order valence-electron chi connectivity index (χ3n) is 2.91. The van der Waals surface area contributed by atoms with Crippen LogP contribution in [0.25, 0.3) is 0 Å². The first-order valence-corrected chi connectivity index (χ1v) is 6.98. The molecule has 3 nitrogen and oxygen atoms in total. The second kappa shape index (κ2) is 5.87. The van der Waals surface area contributed by atoms with Gasteiger partial charge in [0.1, 0.15) is 0 Å². The number of nitrogens with one attached hydrogen (secondary N) is 1. The predicted molar refractivity (Wildman–Crippen MR) is 78.0 cm³/mol. The molecule has 0 radical (unpaired) electrons. The van der Waals surface area contributed by atoms with E-state index in [0.29, 0.717) is 0 Å². The summed E-state index contributed by atoms with van der Waals surface area (Å²) in [5, 5.41) is 8.33. The summed E-state index contributed by atoms with van der Waals surface area (Å²) >= 11 is 9.56. The zero-order chi connectivity index (χ0) is 13.1. The molecule has 0 aliphatic carbocycles. The normalized spacial score (nSPS) is 12.7. The molecule has 1 unspecified atom stereocenters. The van der Waals surface area contributed by atoms with Crippen molar-refractivity contribution in [3.63, 3.8) is 0 Å². The third kappa shape index (κ3) is 2.60. The Hall–Kier alpha value is -0.840. The summed E-state index contributed by atoms with van der Waals surface area (Å²) in [6.07, 6.45) is 1.82. The summed E-state index contributed by atoms with van der Waals surface area (Å²) in [7, 11) is 1.94. The molecule has 0 aliphatic heterocycles. The highest BCUT2D eigenvalue weighted by Gasteiger charge is 2.16. The molecule has 0 saturated heterocycles. The molecule has 0 bridgehead atoms. The Morgan fingerprint density at radius 1 is 1.44 bits per heavy atom. The van der Waals surface area contributed by atoms with Crippen molar-refractivity contribution < 1.29 is 0 Å². The topological polar surface area (TPSA) is 29.9 Å². The van der Waals surface area contributed by atoms with Crippen LogP contribution in [-0.4, -0.2) is 16.8 Å². The molecule has 2 aromatic rings. The quantitative estimate of drug-likeness (QED) is 0.929. The van der Waals surface area contributed by atoms with Gasteiger partial charge in [-0.15, -0.1) is 0 Å². The lowest BCUT2D eigenvalue weighted by Crippen LogP contribution is -2.21. The first-order valence-electron chi connectivity index (χ1n) is 5.81. The molecule has 1 heterocycles.